The first-order chi connectivity index (χ1) is 19.2. The van der Waals surface area contributed by atoms with Crippen LogP contribution in [0, 0.1) is 0 Å². The van der Waals surface area contributed by atoms with E-state index in [-0.39, 0.29) is 0 Å². The van der Waals surface area contributed by atoms with E-state index in [4.69, 9.17) is 21.3 Å². The molecule has 40 heavy (non-hydrogen) atoms. The molecule has 4 heterocycles. The van der Waals surface area contributed by atoms with Gasteiger partial charge in [-0.2, -0.15) is 5.10 Å². The molecule has 212 valence electrons. The molecule has 3 aromatic heterocycles. The van der Waals surface area contributed by atoms with Gasteiger partial charge in [0.15, 0.2) is 0 Å². The van der Waals surface area contributed by atoms with E-state index < -0.39 is 13.7 Å². The molecule has 0 spiro atoms. The highest BCUT2D eigenvalue weighted by molar-refractivity contribution is 6.76. The predicted molar refractivity (Wildman–Crippen MR) is 164 cm³/mol. The minimum Gasteiger partial charge on any atom is -0.385 e. The standard InChI is InChI=1S/C31H40ClN5O2Si/c1-40(2,3)16-15-39-22-36-28(24-9-7-23(8-10-24)20-35-13-4-5-14-35)17-26-29(27(32)19-33-30(26)36)37-21-25(18-34-37)31(38)11-6-12-31/h7-10,17-19,21,38H,4-6,11-16,20,22H2,1-3H3. The Balaban J connectivity index is 1.37. The van der Waals surface area contributed by atoms with Crippen molar-refractivity contribution in [1.29, 1.82) is 0 Å². The van der Waals surface area contributed by atoms with Crippen molar-refractivity contribution in [3.63, 3.8) is 0 Å². The molecule has 4 aromatic rings. The van der Waals surface area contributed by atoms with Gasteiger partial charge in [0.1, 0.15) is 12.4 Å². The number of aliphatic hydroxyl groups is 1. The Hall–Kier alpha value is -2.49. The van der Waals surface area contributed by atoms with E-state index in [1.54, 1.807) is 17.1 Å². The zero-order valence-electron chi connectivity index (χ0n) is 23.9. The Kier molecular flexibility index (Phi) is 7.65. The maximum absolute atomic E-state index is 10.9. The molecule has 2 fully saturated rings. The van der Waals surface area contributed by atoms with Gasteiger partial charge in [-0.3, -0.25) is 4.90 Å². The van der Waals surface area contributed by atoms with Crippen LogP contribution < -0.4 is 0 Å². The van der Waals surface area contributed by atoms with Crippen LogP contribution in [0.4, 0.5) is 0 Å². The third-order valence-electron chi connectivity index (χ3n) is 8.45. The molecule has 1 saturated heterocycles. The Morgan fingerprint density at radius 1 is 1.05 bits per heavy atom. The van der Waals surface area contributed by atoms with E-state index in [0.717, 1.165) is 72.0 Å². The molecule has 0 atom stereocenters. The zero-order chi connectivity index (χ0) is 27.9. The summed E-state index contributed by atoms with van der Waals surface area (Å²) < 4.78 is 10.2. The highest BCUT2D eigenvalue weighted by atomic mass is 35.5. The average Bonchev–Trinajstić information content (AvgIpc) is 3.66. The Labute approximate surface area is 242 Å². The van der Waals surface area contributed by atoms with Crippen LogP contribution in [0.25, 0.3) is 28.0 Å². The van der Waals surface area contributed by atoms with Crippen LogP contribution in [0.5, 0.6) is 0 Å². The van der Waals surface area contributed by atoms with Crippen LogP contribution in [0.1, 0.15) is 43.2 Å². The summed E-state index contributed by atoms with van der Waals surface area (Å²) in [5.74, 6) is 0. The van der Waals surface area contributed by atoms with E-state index >= 15 is 0 Å². The van der Waals surface area contributed by atoms with Crippen LogP contribution >= 0.6 is 11.6 Å². The van der Waals surface area contributed by atoms with Crippen LogP contribution in [-0.4, -0.2) is 57.1 Å². The number of nitrogens with zero attached hydrogens (tertiary/aromatic N) is 5. The minimum atomic E-state index is -1.21. The lowest BCUT2D eigenvalue weighted by molar-refractivity contribution is -0.0388. The number of hydrogen-bond donors (Lipinski definition) is 1. The Morgan fingerprint density at radius 3 is 2.48 bits per heavy atom. The lowest BCUT2D eigenvalue weighted by Crippen LogP contribution is -2.33. The molecule has 0 radical (unpaired) electrons. The molecule has 0 unspecified atom stereocenters. The number of aromatic nitrogens is 4. The van der Waals surface area contributed by atoms with Crippen LogP contribution in [0.15, 0.2) is 48.9 Å². The number of pyridine rings is 1. The third kappa shape index (κ3) is 5.65. The fourth-order valence-corrected chi connectivity index (χ4v) is 6.76. The maximum atomic E-state index is 10.9. The number of benzene rings is 1. The van der Waals surface area contributed by atoms with Crippen molar-refractivity contribution in [3.8, 4) is 16.9 Å². The molecular weight excluding hydrogens is 538 g/mol. The fraction of sp³-hybridized carbons (Fsp3) is 0.484. The van der Waals surface area contributed by atoms with E-state index in [1.807, 2.05) is 6.20 Å². The largest absolute Gasteiger partial charge is 0.385 e. The summed E-state index contributed by atoms with van der Waals surface area (Å²) in [6.07, 6.45) is 10.5. The molecule has 7 nitrogen and oxygen atoms in total. The van der Waals surface area contributed by atoms with Gasteiger partial charge in [0.05, 0.1) is 34.4 Å². The third-order valence-corrected chi connectivity index (χ3v) is 10.4. The number of fused-ring (bicyclic) bond motifs is 1. The van der Waals surface area contributed by atoms with Gasteiger partial charge in [-0.25, -0.2) is 9.67 Å². The number of ether oxygens (including phenoxy) is 1. The summed E-state index contributed by atoms with van der Waals surface area (Å²) in [4.78, 5) is 7.29. The molecule has 0 amide bonds. The first kappa shape index (κ1) is 27.7. The van der Waals surface area contributed by atoms with Crippen LogP contribution in [-0.2, 0) is 23.6 Å². The van der Waals surface area contributed by atoms with Crippen molar-refractivity contribution in [2.24, 2.45) is 0 Å². The Morgan fingerprint density at radius 2 is 1.80 bits per heavy atom. The number of rotatable bonds is 10. The SMILES string of the molecule is C[Si](C)(C)CCOCn1c(-c2ccc(CN3CCCC3)cc2)cc2c(-n3cc(C4(O)CCC4)cn3)c(Cl)cnc21. The lowest BCUT2D eigenvalue weighted by Gasteiger charge is -2.35. The molecule has 0 bridgehead atoms. The maximum Gasteiger partial charge on any atom is 0.144 e. The van der Waals surface area contributed by atoms with Gasteiger partial charge in [0.25, 0.3) is 0 Å². The molecule has 1 saturated carbocycles. The zero-order valence-corrected chi connectivity index (χ0v) is 25.6. The average molecular weight is 578 g/mol. The van der Waals surface area contributed by atoms with Crippen LogP contribution in [0.3, 0.4) is 0 Å². The second kappa shape index (κ2) is 11.1. The summed E-state index contributed by atoms with van der Waals surface area (Å²) in [5.41, 5.74) is 5.12. The quantitative estimate of drug-likeness (QED) is 0.165. The molecule has 1 N–H and O–H groups in total. The Bertz CT molecular complexity index is 1480. The summed E-state index contributed by atoms with van der Waals surface area (Å²) in [7, 11) is -1.21. The lowest BCUT2D eigenvalue weighted by atomic mass is 9.76. The second-order valence-corrected chi connectivity index (χ2v) is 18.8. The monoisotopic (exact) mass is 577 g/mol. The molecule has 1 aromatic carbocycles. The minimum absolute atomic E-state index is 0.414. The normalized spacial score (nSPS) is 17.5. The van der Waals surface area contributed by atoms with Gasteiger partial charge in [-0.15, -0.1) is 0 Å². The van der Waals surface area contributed by atoms with Gasteiger partial charge in [0.2, 0.25) is 0 Å². The molecule has 9 heteroatoms. The van der Waals surface area contributed by atoms with Gasteiger partial charge in [0, 0.05) is 38.4 Å². The summed E-state index contributed by atoms with van der Waals surface area (Å²) in [6, 6.07) is 12.1. The van der Waals surface area contributed by atoms with Crippen LogP contribution in [0.2, 0.25) is 30.7 Å². The molecule has 1 aliphatic heterocycles. The van der Waals surface area contributed by atoms with Crippen molar-refractivity contribution < 1.29 is 9.84 Å². The molecular formula is C31H40ClN5O2Si. The highest BCUT2D eigenvalue weighted by Crippen LogP contribution is 2.42. The summed E-state index contributed by atoms with van der Waals surface area (Å²) in [6.45, 7) is 11.6. The number of likely N-dealkylation sites (tertiary alicyclic amines) is 1. The van der Waals surface area contributed by atoms with E-state index in [1.165, 1.54) is 31.5 Å². The summed E-state index contributed by atoms with van der Waals surface area (Å²) >= 11 is 6.77. The van der Waals surface area contributed by atoms with Crippen molar-refractivity contribution in [3.05, 3.63) is 65.1 Å². The molecule has 6 rings (SSSR count). The first-order valence-corrected chi connectivity index (χ1v) is 18.6. The fourth-order valence-electron chi connectivity index (χ4n) is 5.76. The van der Waals surface area contributed by atoms with Gasteiger partial charge in [-0.1, -0.05) is 55.5 Å². The first-order valence-electron chi connectivity index (χ1n) is 14.6. The predicted octanol–water partition coefficient (Wildman–Crippen LogP) is 6.82. The van der Waals surface area contributed by atoms with E-state index in [0.29, 0.717) is 11.8 Å². The van der Waals surface area contributed by atoms with E-state index in [2.05, 4.69) is 64.5 Å². The van der Waals surface area contributed by atoms with Crippen molar-refractivity contribution in [1.82, 2.24) is 24.2 Å². The van der Waals surface area contributed by atoms with Gasteiger partial charge < -0.3 is 14.4 Å². The van der Waals surface area contributed by atoms with E-state index in [9.17, 15) is 5.11 Å². The van der Waals surface area contributed by atoms with Gasteiger partial charge in [-0.05, 0) is 68.4 Å². The number of halogens is 1. The van der Waals surface area contributed by atoms with Crippen molar-refractivity contribution >= 4 is 30.7 Å². The highest BCUT2D eigenvalue weighted by Gasteiger charge is 2.37. The van der Waals surface area contributed by atoms with Crippen molar-refractivity contribution in [2.45, 2.75) is 76.7 Å². The van der Waals surface area contributed by atoms with Crippen molar-refractivity contribution in [2.75, 3.05) is 19.7 Å². The van der Waals surface area contributed by atoms with Gasteiger partial charge >= 0.3 is 0 Å². The summed E-state index contributed by atoms with van der Waals surface area (Å²) in [5, 5.41) is 16.9. The second-order valence-electron chi connectivity index (χ2n) is 12.7. The molecule has 2 aliphatic rings. The number of hydrogen-bond acceptors (Lipinski definition) is 5. The smallest absolute Gasteiger partial charge is 0.144 e. The topological polar surface area (TPSA) is 68.3 Å². The molecule has 1 aliphatic carbocycles.